The highest BCUT2D eigenvalue weighted by Crippen LogP contribution is 2.23. The van der Waals surface area contributed by atoms with E-state index in [1.807, 2.05) is 0 Å². The lowest BCUT2D eigenvalue weighted by molar-refractivity contribution is 0.626. The molecule has 0 amide bonds. The first-order chi connectivity index (χ1) is 11.5. The quantitative estimate of drug-likeness (QED) is 0.675. The molecule has 0 spiro atoms. The zero-order valence-electron chi connectivity index (χ0n) is 13.1. The van der Waals surface area contributed by atoms with E-state index >= 15 is 0 Å². The number of halogens is 1. The Morgan fingerprint density at radius 2 is 1.96 bits per heavy atom. The molecular weight excluding hydrogens is 331 g/mol. The lowest BCUT2D eigenvalue weighted by Gasteiger charge is -2.10. The Labute approximate surface area is 141 Å². The molecule has 0 unspecified atom stereocenters. The molecule has 24 heavy (non-hydrogen) atoms. The third kappa shape index (κ3) is 3.05. The van der Waals surface area contributed by atoms with Gasteiger partial charge in [-0.3, -0.25) is 18.5 Å². The molecule has 6 nitrogen and oxygen atoms in total. The van der Waals surface area contributed by atoms with Crippen LogP contribution < -0.4 is 11.2 Å². The molecule has 2 aromatic heterocycles. The molecule has 0 atom stereocenters. The third-order valence-corrected chi connectivity index (χ3v) is 4.67. The van der Waals surface area contributed by atoms with Crippen LogP contribution in [0.3, 0.4) is 0 Å². The average Bonchev–Trinajstić information content (AvgIpc) is 3.03. The van der Waals surface area contributed by atoms with E-state index < -0.39 is 0 Å². The van der Waals surface area contributed by atoms with Crippen LogP contribution in [0.1, 0.15) is 5.69 Å². The van der Waals surface area contributed by atoms with Gasteiger partial charge in [0.2, 0.25) is 0 Å². The largest absolute Gasteiger partial charge is 0.330 e. The molecular formula is C16H15FN4O2S. The normalized spacial score (nSPS) is 11.0. The first kappa shape index (κ1) is 16.3. The monoisotopic (exact) mass is 346 g/mol. The van der Waals surface area contributed by atoms with Gasteiger partial charge in [-0.2, -0.15) is 0 Å². The van der Waals surface area contributed by atoms with Crippen molar-refractivity contribution >= 4 is 11.8 Å². The van der Waals surface area contributed by atoms with Gasteiger partial charge < -0.3 is 0 Å². The minimum Gasteiger partial charge on any atom is -0.300 e. The van der Waals surface area contributed by atoms with Crippen molar-refractivity contribution in [2.24, 2.45) is 14.1 Å². The molecule has 0 radical (unpaired) electrons. The Morgan fingerprint density at radius 3 is 2.71 bits per heavy atom. The smallest absolute Gasteiger partial charge is 0.300 e. The van der Waals surface area contributed by atoms with Crippen molar-refractivity contribution in [2.75, 3.05) is 0 Å². The Balaban J connectivity index is 1.89. The summed E-state index contributed by atoms with van der Waals surface area (Å²) in [6, 6.07) is 7.64. The maximum absolute atomic E-state index is 13.4. The zero-order valence-corrected chi connectivity index (χ0v) is 14.0. The van der Waals surface area contributed by atoms with E-state index in [9.17, 15) is 14.0 Å². The molecule has 0 fully saturated rings. The minimum absolute atomic E-state index is 0.328. The van der Waals surface area contributed by atoms with E-state index in [1.165, 1.54) is 41.6 Å². The number of hydrogen-bond donors (Lipinski definition) is 0. The van der Waals surface area contributed by atoms with Crippen molar-refractivity contribution in [3.63, 3.8) is 0 Å². The summed E-state index contributed by atoms with van der Waals surface area (Å²) in [4.78, 5) is 28.0. The number of rotatable bonds is 4. The summed E-state index contributed by atoms with van der Waals surface area (Å²) in [6.07, 6.45) is 3.36. The molecule has 0 aliphatic heterocycles. The Morgan fingerprint density at radius 1 is 1.17 bits per heavy atom. The van der Waals surface area contributed by atoms with Crippen molar-refractivity contribution in [1.29, 1.82) is 0 Å². The van der Waals surface area contributed by atoms with Crippen LogP contribution in [0.4, 0.5) is 4.39 Å². The van der Waals surface area contributed by atoms with Gasteiger partial charge in [-0.1, -0.05) is 17.8 Å². The molecule has 1 aromatic carbocycles. The summed E-state index contributed by atoms with van der Waals surface area (Å²) in [5.74, 6) is 0.0693. The second-order valence-corrected chi connectivity index (χ2v) is 6.17. The Bertz CT molecular complexity index is 1010. The highest BCUT2D eigenvalue weighted by molar-refractivity contribution is 7.98. The maximum Gasteiger partial charge on any atom is 0.330 e. The molecule has 0 saturated heterocycles. The van der Waals surface area contributed by atoms with Gasteiger partial charge in [-0.05, 0) is 18.2 Å². The average molecular weight is 346 g/mol. The van der Waals surface area contributed by atoms with E-state index in [2.05, 4.69) is 4.98 Å². The van der Waals surface area contributed by atoms with Crippen LogP contribution in [0.25, 0.3) is 5.69 Å². The van der Waals surface area contributed by atoms with Gasteiger partial charge in [0.1, 0.15) is 5.82 Å². The summed E-state index contributed by atoms with van der Waals surface area (Å²) in [5.41, 5.74) is 0.545. The van der Waals surface area contributed by atoms with E-state index in [0.717, 1.165) is 4.57 Å². The summed E-state index contributed by atoms with van der Waals surface area (Å²) in [6.45, 7) is 0. The number of nitrogens with zero attached hydrogens (tertiary/aromatic N) is 4. The molecule has 0 bridgehead atoms. The standard InChI is InChI=1S/C16H15FN4O2S/c1-19-13(9-14(22)20(2)16(19)23)10-24-15-18-6-7-21(15)12-5-3-4-11(17)8-12/h3-9H,10H2,1-2H3. The fraction of sp³-hybridized carbons (Fsp3) is 0.188. The van der Waals surface area contributed by atoms with Gasteiger partial charge in [-0.15, -0.1) is 0 Å². The molecule has 0 saturated carbocycles. The SMILES string of the molecule is Cn1c(CSc2nccn2-c2cccc(F)c2)cc(=O)n(C)c1=O. The summed E-state index contributed by atoms with van der Waals surface area (Å²) < 4.78 is 17.7. The van der Waals surface area contributed by atoms with Gasteiger partial charge in [-0.25, -0.2) is 14.2 Å². The lowest BCUT2D eigenvalue weighted by atomic mass is 10.3. The zero-order chi connectivity index (χ0) is 17.3. The van der Waals surface area contributed by atoms with Crippen LogP contribution in [0, 0.1) is 5.82 Å². The maximum atomic E-state index is 13.4. The van der Waals surface area contributed by atoms with Crippen LogP contribution in [-0.4, -0.2) is 18.7 Å². The second kappa shape index (κ2) is 6.48. The van der Waals surface area contributed by atoms with Crippen LogP contribution >= 0.6 is 11.8 Å². The molecule has 3 rings (SSSR count). The first-order valence-corrected chi connectivity index (χ1v) is 8.14. The number of hydrogen-bond acceptors (Lipinski definition) is 4. The van der Waals surface area contributed by atoms with Crippen molar-refractivity contribution in [2.45, 2.75) is 10.9 Å². The van der Waals surface area contributed by atoms with Crippen LogP contribution in [-0.2, 0) is 19.8 Å². The molecule has 124 valence electrons. The number of benzene rings is 1. The molecule has 2 heterocycles. The Kier molecular flexibility index (Phi) is 4.39. The van der Waals surface area contributed by atoms with E-state index in [1.54, 1.807) is 36.1 Å². The molecule has 8 heteroatoms. The number of aromatic nitrogens is 4. The molecule has 0 aliphatic rings. The topological polar surface area (TPSA) is 61.8 Å². The predicted molar refractivity (Wildman–Crippen MR) is 90.0 cm³/mol. The van der Waals surface area contributed by atoms with E-state index in [0.29, 0.717) is 22.3 Å². The Hall–Kier alpha value is -2.61. The van der Waals surface area contributed by atoms with E-state index in [-0.39, 0.29) is 17.1 Å². The number of imidazole rings is 1. The first-order valence-electron chi connectivity index (χ1n) is 7.15. The van der Waals surface area contributed by atoms with Gasteiger partial charge in [0.05, 0.1) is 5.69 Å². The highest BCUT2D eigenvalue weighted by atomic mass is 32.2. The summed E-state index contributed by atoms with van der Waals surface area (Å²) >= 11 is 1.37. The van der Waals surface area contributed by atoms with E-state index in [4.69, 9.17) is 0 Å². The van der Waals surface area contributed by atoms with Crippen LogP contribution in [0.5, 0.6) is 0 Å². The highest BCUT2D eigenvalue weighted by Gasteiger charge is 2.10. The second-order valence-electron chi connectivity index (χ2n) is 5.22. The minimum atomic E-state index is -0.369. The predicted octanol–water partition coefficient (Wildman–Crippen LogP) is 1.70. The van der Waals surface area contributed by atoms with Crippen molar-refractivity contribution in [1.82, 2.24) is 18.7 Å². The summed E-state index contributed by atoms with van der Waals surface area (Å²) in [7, 11) is 3.06. The van der Waals surface area contributed by atoms with Crippen molar-refractivity contribution in [3.05, 3.63) is 75.1 Å². The van der Waals surface area contributed by atoms with Crippen LogP contribution in [0.15, 0.2) is 57.5 Å². The van der Waals surface area contributed by atoms with Crippen LogP contribution in [0.2, 0.25) is 0 Å². The van der Waals surface area contributed by atoms with Gasteiger partial charge in [0.15, 0.2) is 5.16 Å². The van der Waals surface area contributed by atoms with Crippen molar-refractivity contribution in [3.8, 4) is 5.69 Å². The fourth-order valence-electron chi connectivity index (χ4n) is 2.27. The lowest BCUT2D eigenvalue weighted by Crippen LogP contribution is -2.37. The van der Waals surface area contributed by atoms with Crippen molar-refractivity contribution < 1.29 is 4.39 Å². The number of thioether (sulfide) groups is 1. The fourth-order valence-corrected chi connectivity index (χ4v) is 3.27. The third-order valence-electron chi connectivity index (χ3n) is 3.67. The molecule has 3 aromatic rings. The molecule has 0 aliphatic carbocycles. The van der Waals surface area contributed by atoms with Gasteiger partial charge in [0, 0.05) is 44.0 Å². The van der Waals surface area contributed by atoms with Gasteiger partial charge in [0.25, 0.3) is 5.56 Å². The van der Waals surface area contributed by atoms with Gasteiger partial charge >= 0.3 is 5.69 Å². The summed E-state index contributed by atoms with van der Waals surface area (Å²) in [5, 5.41) is 0.647. The molecule has 0 N–H and O–H groups in total.